The van der Waals surface area contributed by atoms with Gasteiger partial charge in [0, 0.05) is 11.9 Å². The van der Waals surface area contributed by atoms with E-state index in [0.717, 1.165) is 22.4 Å². The Morgan fingerprint density at radius 2 is 1.95 bits per heavy atom. The number of hydrogen-bond acceptors (Lipinski definition) is 4. The van der Waals surface area contributed by atoms with E-state index in [2.05, 4.69) is 9.72 Å². The van der Waals surface area contributed by atoms with Crippen LogP contribution in [0.4, 0.5) is 0 Å². The van der Waals surface area contributed by atoms with Crippen LogP contribution in [0.15, 0.2) is 42.6 Å². The van der Waals surface area contributed by atoms with Crippen molar-refractivity contribution in [2.24, 2.45) is 5.73 Å². The number of ether oxygens (including phenoxy) is 1. The summed E-state index contributed by atoms with van der Waals surface area (Å²) < 4.78 is 4.62. The minimum atomic E-state index is -0.617. The highest BCUT2D eigenvalue weighted by molar-refractivity contribution is 5.75. The Morgan fingerprint density at radius 3 is 2.55 bits per heavy atom. The highest BCUT2D eigenvalue weighted by Gasteiger charge is 2.14. The summed E-state index contributed by atoms with van der Waals surface area (Å²) in [5.74, 6) is -0.390. The van der Waals surface area contributed by atoms with Crippen molar-refractivity contribution in [3.8, 4) is 11.1 Å². The van der Waals surface area contributed by atoms with E-state index in [4.69, 9.17) is 5.73 Å². The third-order valence-corrected chi connectivity index (χ3v) is 3.14. The van der Waals surface area contributed by atoms with Crippen LogP contribution in [0.25, 0.3) is 11.1 Å². The molecular formula is C16H18N2O2. The van der Waals surface area contributed by atoms with E-state index < -0.39 is 6.04 Å². The van der Waals surface area contributed by atoms with Gasteiger partial charge in [0.05, 0.1) is 7.11 Å². The maximum atomic E-state index is 11.3. The Bertz CT molecular complexity index is 594. The summed E-state index contributed by atoms with van der Waals surface area (Å²) >= 11 is 0. The van der Waals surface area contributed by atoms with Crippen molar-refractivity contribution in [2.75, 3.05) is 7.11 Å². The highest BCUT2D eigenvalue weighted by atomic mass is 16.5. The minimum Gasteiger partial charge on any atom is -0.468 e. The lowest BCUT2D eigenvalue weighted by Crippen LogP contribution is -2.33. The average molecular weight is 270 g/mol. The molecule has 4 nitrogen and oxygen atoms in total. The van der Waals surface area contributed by atoms with Crippen molar-refractivity contribution in [2.45, 2.75) is 19.4 Å². The summed E-state index contributed by atoms with van der Waals surface area (Å²) in [4.78, 5) is 15.5. The molecule has 0 saturated carbocycles. The smallest absolute Gasteiger partial charge is 0.322 e. The zero-order chi connectivity index (χ0) is 14.5. The van der Waals surface area contributed by atoms with Crippen LogP contribution in [-0.4, -0.2) is 24.1 Å². The fourth-order valence-electron chi connectivity index (χ4n) is 2.05. The number of rotatable bonds is 4. The Balaban J connectivity index is 2.12. The molecule has 1 aromatic heterocycles. The number of carbonyl (C=O) groups excluding carboxylic acids is 1. The van der Waals surface area contributed by atoms with Gasteiger partial charge in [-0.05, 0) is 42.2 Å². The maximum absolute atomic E-state index is 11.3. The normalized spacial score (nSPS) is 11.9. The largest absolute Gasteiger partial charge is 0.468 e. The van der Waals surface area contributed by atoms with Crippen molar-refractivity contribution in [3.63, 3.8) is 0 Å². The molecule has 0 aliphatic carbocycles. The first-order valence-corrected chi connectivity index (χ1v) is 6.45. The van der Waals surface area contributed by atoms with Crippen molar-refractivity contribution >= 4 is 5.97 Å². The summed E-state index contributed by atoms with van der Waals surface area (Å²) in [5.41, 5.74) is 9.99. The monoisotopic (exact) mass is 270 g/mol. The van der Waals surface area contributed by atoms with Gasteiger partial charge in [0.2, 0.25) is 0 Å². The van der Waals surface area contributed by atoms with Crippen molar-refractivity contribution in [3.05, 3.63) is 53.9 Å². The molecule has 0 fully saturated rings. The maximum Gasteiger partial charge on any atom is 0.322 e. The number of benzene rings is 1. The van der Waals surface area contributed by atoms with Crippen LogP contribution in [0.1, 0.15) is 11.3 Å². The predicted molar refractivity (Wildman–Crippen MR) is 78.1 cm³/mol. The predicted octanol–water partition coefficient (Wildman–Crippen LogP) is 2.10. The number of nitrogens with zero attached hydrogens (tertiary/aromatic N) is 1. The average Bonchev–Trinajstić information content (AvgIpc) is 2.47. The Labute approximate surface area is 118 Å². The van der Waals surface area contributed by atoms with Gasteiger partial charge in [0.25, 0.3) is 0 Å². The fraction of sp³-hybridized carbons (Fsp3) is 0.250. The molecule has 1 atom stereocenters. The number of aryl methyl sites for hydroxylation is 1. The van der Waals surface area contributed by atoms with Crippen LogP contribution in [0, 0.1) is 6.92 Å². The molecule has 2 N–H and O–H groups in total. The number of pyridine rings is 1. The quantitative estimate of drug-likeness (QED) is 0.864. The summed E-state index contributed by atoms with van der Waals surface area (Å²) in [5, 5.41) is 0. The van der Waals surface area contributed by atoms with Crippen LogP contribution in [-0.2, 0) is 16.0 Å². The first-order valence-electron chi connectivity index (χ1n) is 6.45. The zero-order valence-corrected chi connectivity index (χ0v) is 11.7. The second-order valence-corrected chi connectivity index (χ2v) is 4.72. The van der Waals surface area contributed by atoms with E-state index in [0.29, 0.717) is 6.42 Å². The molecule has 0 aliphatic rings. The van der Waals surface area contributed by atoms with Crippen LogP contribution in [0.5, 0.6) is 0 Å². The molecule has 20 heavy (non-hydrogen) atoms. The first-order chi connectivity index (χ1) is 9.60. The van der Waals surface area contributed by atoms with Gasteiger partial charge in [0.15, 0.2) is 0 Å². The standard InChI is InChI=1S/C16H18N2O2/c1-11-9-14(7-8-18-11)13-5-3-12(4-6-13)10-15(17)16(19)20-2/h3-9,15H,10,17H2,1-2H3/t15-/m0/s1. The zero-order valence-electron chi connectivity index (χ0n) is 11.7. The number of esters is 1. The molecule has 0 saturated heterocycles. The van der Waals surface area contributed by atoms with Crippen LogP contribution < -0.4 is 5.73 Å². The second kappa shape index (κ2) is 6.30. The number of aromatic nitrogens is 1. The molecule has 0 spiro atoms. The number of carbonyl (C=O) groups is 1. The molecule has 4 heteroatoms. The molecule has 2 rings (SSSR count). The van der Waals surface area contributed by atoms with Crippen LogP contribution in [0.3, 0.4) is 0 Å². The van der Waals surface area contributed by atoms with E-state index in [-0.39, 0.29) is 5.97 Å². The van der Waals surface area contributed by atoms with Gasteiger partial charge in [0.1, 0.15) is 6.04 Å². The van der Waals surface area contributed by atoms with Crippen molar-refractivity contribution in [1.82, 2.24) is 4.98 Å². The third kappa shape index (κ3) is 3.42. The highest BCUT2D eigenvalue weighted by Crippen LogP contribution is 2.20. The second-order valence-electron chi connectivity index (χ2n) is 4.72. The third-order valence-electron chi connectivity index (χ3n) is 3.14. The summed E-state index contributed by atoms with van der Waals surface area (Å²) in [6.45, 7) is 1.97. The van der Waals surface area contributed by atoms with Gasteiger partial charge in [-0.2, -0.15) is 0 Å². The lowest BCUT2D eigenvalue weighted by atomic mass is 10.0. The lowest BCUT2D eigenvalue weighted by molar-refractivity contribution is -0.142. The first kappa shape index (κ1) is 14.2. The minimum absolute atomic E-state index is 0.390. The molecule has 2 aromatic rings. The topological polar surface area (TPSA) is 65.2 Å². The molecule has 0 unspecified atom stereocenters. The van der Waals surface area contributed by atoms with E-state index in [1.165, 1.54) is 7.11 Å². The molecule has 1 aromatic carbocycles. The van der Waals surface area contributed by atoms with E-state index >= 15 is 0 Å². The molecule has 0 radical (unpaired) electrons. The van der Waals surface area contributed by atoms with Crippen LogP contribution >= 0.6 is 0 Å². The fourth-order valence-corrected chi connectivity index (χ4v) is 2.05. The molecule has 1 heterocycles. The lowest BCUT2D eigenvalue weighted by Gasteiger charge is -2.10. The van der Waals surface area contributed by atoms with Gasteiger partial charge >= 0.3 is 5.97 Å². The van der Waals surface area contributed by atoms with Crippen LogP contribution in [0.2, 0.25) is 0 Å². The molecule has 104 valence electrons. The Kier molecular flexibility index (Phi) is 4.48. The summed E-state index contributed by atoms with van der Waals surface area (Å²) in [6.07, 6.45) is 2.27. The van der Waals surface area contributed by atoms with Gasteiger partial charge in [-0.15, -0.1) is 0 Å². The molecule has 0 amide bonds. The van der Waals surface area contributed by atoms with Crippen molar-refractivity contribution in [1.29, 1.82) is 0 Å². The van der Waals surface area contributed by atoms with Gasteiger partial charge < -0.3 is 10.5 Å². The van der Waals surface area contributed by atoms with Crippen molar-refractivity contribution < 1.29 is 9.53 Å². The number of nitrogens with two attached hydrogens (primary N) is 1. The number of methoxy groups -OCH3 is 1. The molecule has 0 aliphatic heterocycles. The van der Waals surface area contributed by atoms with Gasteiger partial charge in [-0.1, -0.05) is 24.3 Å². The van der Waals surface area contributed by atoms with E-state index in [1.54, 1.807) is 6.20 Å². The molecule has 0 bridgehead atoms. The summed E-state index contributed by atoms with van der Waals surface area (Å²) in [7, 11) is 1.34. The van der Waals surface area contributed by atoms with Gasteiger partial charge in [-0.3, -0.25) is 9.78 Å². The summed E-state index contributed by atoms with van der Waals surface area (Å²) in [6, 6.07) is 11.4. The Hall–Kier alpha value is -2.20. The SMILES string of the molecule is COC(=O)[C@@H](N)Cc1ccc(-c2ccnc(C)c2)cc1. The van der Waals surface area contributed by atoms with E-state index in [1.807, 2.05) is 43.3 Å². The van der Waals surface area contributed by atoms with E-state index in [9.17, 15) is 4.79 Å². The number of hydrogen-bond donors (Lipinski definition) is 1. The Morgan fingerprint density at radius 1 is 1.25 bits per heavy atom. The molecular weight excluding hydrogens is 252 g/mol. The van der Waals surface area contributed by atoms with Gasteiger partial charge in [-0.25, -0.2) is 0 Å².